The number of hydrogen-bond acceptors (Lipinski definition) is 1. The molecule has 0 heterocycles. The van der Waals surface area contributed by atoms with Gasteiger partial charge in [-0.05, 0) is 18.8 Å². The Balaban J connectivity index is 1.86. The Labute approximate surface area is 59.3 Å². The molecule has 0 radical (unpaired) electrons. The van der Waals surface area contributed by atoms with Gasteiger partial charge in [0.2, 0.25) is 0 Å². The fourth-order valence-corrected chi connectivity index (χ4v) is 1.55. The Hall–Kier alpha value is 0.150. The van der Waals surface area contributed by atoms with Crippen molar-refractivity contribution in [1.82, 2.24) is 0 Å². The summed E-state index contributed by atoms with van der Waals surface area (Å²) in [7, 11) is -0.554. The minimum Gasteiger partial charge on any atom is -0.260 e. The van der Waals surface area contributed by atoms with E-state index >= 15 is 0 Å². The highest BCUT2D eigenvalue weighted by atomic mass is 32.2. The summed E-state index contributed by atoms with van der Waals surface area (Å²) in [6.45, 7) is 0. The first kappa shape index (κ1) is 7.26. The van der Waals surface area contributed by atoms with Crippen molar-refractivity contribution in [2.24, 2.45) is 5.92 Å². The highest BCUT2D eigenvalue weighted by Crippen LogP contribution is 2.33. The van der Waals surface area contributed by atoms with Gasteiger partial charge >= 0.3 is 0 Å². The van der Waals surface area contributed by atoms with Crippen LogP contribution in [0.4, 0.5) is 0 Å². The zero-order valence-corrected chi connectivity index (χ0v) is 6.75. The molecule has 2 heteroatoms. The number of rotatable bonds is 4. The summed E-state index contributed by atoms with van der Waals surface area (Å²) in [6.07, 6.45) is 7.13. The Morgan fingerprint density at radius 2 is 2.22 bits per heavy atom. The van der Waals surface area contributed by atoms with Gasteiger partial charge in [0.05, 0.1) is 0 Å². The lowest BCUT2D eigenvalue weighted by Crippen LogP contribution is -1.93. The van der Waals surface area contributed by atoms with Gasteiger partial charge in [-0.25, -0.2) is 0 Å². The molecule has 0 spiro atoms. The van der Waals surface area contributed by atoms with Crippen molar-refractivity contribution in [3.63, 3.8) is 0 Å². The molecule has 0 N–H and O–H groups in total. The average molecular weight is 146 g/mol. The lowest BCUT2D eigenvalue weighted by molar-refractivity contribution is 0.671. The van der Waals surface area contributed by atoms with Crippen LogP contribution in [0.15, 0.2) is 0 Å². The van der Waals surface area contributed by atoms with Crippen LogP contribution in [0.5, 0.6) is 0 Å². The van der Waals surface area contributed by atoms with Crippen molar-refractivity contribution in [2.75, 3.05) is 12.0 Å². The standard InChI is InChI=1S/C7H14OS/c1-9(8)6-2-3-7-4-5-7/h7H,2-6H2,1H3. The summed E-state index contributed by atoms with van der Waals surface area (Å²) in [5.74, 6) is 1.92. The molecule has 1 fully saturated rings. The lowest BCUT2D eigenvalue weighted by Gasteiger charge is -1.93. The van der Waals surface area contributed by atoms with Crippen molar-refractivity contribution in [1.29, 1.82) is 0 Å². The Kier molecular flexibility index (Phi) is 2.70. The second-order valence-electron chi connectivity index (χ2n) is 2.86. The van der Waals surface area contributed by atoms with Crippen molar-refractivity contribution in [3.8, 4) is 0 Å². The molecule has 0 aliphatic heterocycles. The quantitative estimate of drug-likeness (QED) is 0.588. The molecule has 1 saturated carbocycles. The maximum absolute atomic E-state index is 10.6. The third-order valence-electron chi connectivity index (χ3n) is 1.74. The minimum absolute atomic E-state index is 0.554. The summed E-state index contributed by atoms with van der Waals surface area (Å²) in [5, 5.41) is 0. The van der Waals surface area contributed by atoms with Gasteiger partial charge in [-0.15, -0.1) is 0 Å². The monoisotopic (exact) mass is 146 g/mol. The van der Waals surface area contributed by atoms with E-state index in [0.29, 0.717) is 0 Å². The first-order chi connectivity index (χ1) is 4.29. The van der Waals surface area contributed by atoms with E-state index < -0.39 is 10.8 Å². The predicted octanol–water partition coefficient (Wildman–Crippen LogP) is 1.56. The van der Waals surface area contributed by atoms with Gasteiger partial charge in [0.15, 0.2) is 0 Å². The fourth-order valence-electron chi connectivity index (χ4n) is 0.982. The molecular formula is C7H14OS. The summed E-state index contributed by atoms with van der Waals surface area (Å²) in [6, 6.07) is 0. The van der Waals surface area contributed by atoms with E-state index in [-0.39, 0.29) is 0 Å². The normalized spacial score (nSPS) is 21.9. The van der Waals surface area contributed by atoms with Crippen molar-refractivity contribution >= 4 is 10.8 Å². The molecular weight excluding hydrogens is 132 g/mol. The Morgan fingerprint density at radius 1 is 1.56 bits per heavy atom. The van der Waals surface area contributed by atoms with Crippen LogP contribution < -0.4 is 0 Å². The van der Waals surface area contributed by atoms with Gasteiger partial charge in [-0.3, -0.25) is 4.21 Å². The molecule has 1 rings (SSSR count). The Bertz CT molecular complexity index is 107. The molecule has 0 bridgehead atoms. The predicted molar refractivity (Wildman–Crippen MR) is 40.9 cm³/mol. The summed E-state index contributed by atoms with van der Waals surface area (Å²) in [5.41, 5.74) is 0. The molecule has 54 valence electrons. The molecule has 1 aliphatic rings. The first-order valence-electron chi connectivity index (χ1n) is 3.59. The first-order valence-corrected chi connectivity index (χ1v) is 5.32. The summed E-state index contributed by atoms with van der Waals surface area (Å²) >= 11 is 0. The van der Waals surface area contributed by atoms with E-state index in [2.05, 4.69) is 0 Å². The number of hydrogen-bond donors (Lipinski definition) is 0. The van der Waals surface area contributed by atoms with Gasteiger partial charge in [0.1, 0.15) is 0 Å². The van der Waals surface area contributed by atoms with Crippen molar-refractivity contribution in [3.05, 3.63) is 0 Å². The second-order valence-corrected chi connectivity index (χ2v) is 4.42. The zero-order valence-electron chi connectivity index (χ0n) is 5.93. The van der Waals surface area contributed by atoms with Gasteiger partial charge in [0.25, 0.3) is 0 Å². The zero-order chi connectivity index (χ0) is 6.69. The lowest BCUT2D eigenvalue weighted by atomic mass is 10.2. The van der Waals surface area contributed by atoms with Gasteiger partial charge in [-0.2, -0.15) is 0 Å². The van der Waals surface area contributed by atoms with Crippen LogP contribution in [-0.4, -0.2) is 16.2 Å². The molecule has 0 aromatic carbocycles. The average Bonchev–Trinajstić information content (AvgIpc) is 2.48. The molecule has 1 unspecified atom stereocenters. The van der Waals surface area contributed by atoms with Crippen LogP contribution in [-0.2, 0) is 10.8 Å². The molecule has 0 saturated heterocycles. The molecule has 0 aromatic heterocycles. The van der Waals surface area contributed by atoms with E-state index in [1.807, 2.05) is 0 Å². The van der Waals surface area contributed by atoms with Crippen LogP contribution in [0.2, 0.25) is 0 Å². The van der Waals surface area contributed by atoms with E-state index in [0.717, 1.165) is 11.7 Å². The van der Waals surface area contributed by atoms with Gasteiger partial charge in [0, 0.05) is 22.8 Å². The van der Waals surface area contributed by atoms with Crippen LogP contribution >= 0.6 is 0 Å². The third kappa shape index (κ3) is 3.68. The summed E-state index contributed by atoms with van der Waals surface area (Å²) < 4.78 is 10.6. The smallest absolute Gasteiger partial charge is 0.0232 e. The topological polar surface area (TPSA) is 17.1 Å². The molecule has 9 heavy (non-hydrogen) atoms. The summed E-state index contributed by atoms with van der Waals surface area (Å²) in [4.78, 5) is 0. The van der Waals surface area contributed by atoms with Gasteiger partial charge in [-0.1, -0.05) is 12.8 Å². The highest BCUT2D eigenvalue weighted by Gasteiger charge is 2.19. The van der Waals surface area contributed by atoms with Crippen molar-refractivity contribution in [2.45, 2.75) is 25.7 Å². The molecule has 0 amide bonds. The molecule has 1 nitrogen and oxygen atoms in total. The van der Waals surface area contributed by atoms with Crippen LogP contribution in [0.3, 0.4) is 0 Å². The fraction of sp³-hybridized carbons (Fsp3) is 1.00. The molecule has 1 aliphatic carbocycles. The van der Waals surface area contributed by atoms with E-state index in [1.54, 1.807) is 6.26 Å². The van der Waals surface area contributed by atoms with E-state index in [9.17, 15) is 4.21 Å². The van der Waals surface area contributed by atoms with Crippen LogP contribution in [0.1, 0.15) is 25.7 Å². The van der Waals surface area contributed by atoms with E-state index in [1.165, 1.54) is 25.7 Å². The van der Waals surface area contributed by atoms with Crippen LogP contribution in [0.25, 0.3) is 0 Å². The largest absolute Gasteiger partial charge is 0.260 e. The highest BCUT2D eigenvalue weighted by molar-refractivity contribution is 7.84. The van der Waals surface area contributed by atoms with Crippen LogP contribution in [0, 0.1) is 5.92 Å². The Morgan fingerprint density at radius 3 is 2.67 bits per heavy atom. The second kappa shape index (κ2) is 3.35. The maximum Gasteiger partial charge on any atom is 0.0232 e. The van der Waals surface area contributed by atoms with E-state index in [4.69, 9.17) is 0 Å². The van der Waals surface area contributed by atoms with Gasteiger partial charge < -0.3 is 0 Å². The molecule has 0 aromatic rings. The maximum atomic E-state index is 10.6. The SMILES string of the molecule is CS(=O)CCCC1CC1. The third-order valence-corrected chi connectivity index (χ3v) is 2.60. The van der Waals surface area contributed by atoms with Crippen molar-refractivity contribution < 1.29 is 4.21 Å². The minimum atomic E-state index is -0.554. The molecule has 1 atom stereocenters.